The highest BCUT2D eigenvalue weighted by Gasteiger charge is 2.23. The molecule has 6 nitrogen and oxygen atoms in total. The van der Waals surface area contributed by atoms with Gasteiger partial charge in [0.05, 0.1) is 6.33 Å². The molecule has 1 aliphatic rings. The van der Waals surface area contributed by atoms with Crippen LogP contribution < -0.4 is 10.5 Å². The third kappa shape index (κ3) is 3.67. The van der Waals surface area contributed by atoms with Gasteiger partial charge in [-0.2, -0.15) is 4.98 Å². The quantitative estimate of drug-likeness (QED) is 0.696. The zero-order chi connectivity index (χ0) is 19.0. The summed E-state index contributed by atoms with van der Waals surface area (Å²) in [5.74, 6) is -0.141. The Hall–Kier alpha value is -2.84. The van der Waals surface area contributed by atoms with E-state index in [2.05, 4.69) is 9.97 Å². The summed E-state index contributed by atoms with van der Waals surface area (Å²) in [5.41, 5.74) is 0.0383. The van der Waals surface area contributed by atoms with Crippen LogP contribution in [0.3, 0.4) is 0 Å². The van der Waals surface area contributed by atoms with Gasteiger partial charge in [0.15, 0.2) is 5.58 Å². The second-order valence-corrected chi connectivity index (χ2v) is 6.64. The molecular formula is C18H17F3N4O2. The first kappa shape index (κ1) is 17.6. The molecule has 0 amide bonds. The molecular weight excluding hydrogens is 361 g/mol. The first-order chi connectivity index (χ1) is 13.0. The lowest BCUT2D eigenvalue weighted by molar-refractivity contribution is 0.145. The van der Waals surface area contributed by atoms with Crippen LogP contribution in [0, 0.1) is 11.7 Å². The Kier molecular flexibility index (Phi) is 4.59. The standard InChI is InChI=1S/C18H17F3N4O2/c19-12-1-2-15-13(7-12)23-18(27-15)24-5-3-11(4-6-24)9-25-10-22-14(17(20)21)8-16(25)26/h1-2,7-8,10-11,17H,3-6,9H2. The molecule has 0 radical (unpaired) electrons. The summed E-state index contributed by atoms with van der Waals surface area (Å²) in [6.07, 6.45) is 0.0121. The lowest BCUT2D eigenvalue weighted by Gasteiger charge is -2.31. The van der Waals surface area contributed by atoms with E-state index < -0.39 is 17.7 Å². The fourth-order valence-electron chi connectivity index (χ4n) is 3.31. The van der Waals surface area contributed by atoms with Crippen molar-refractivity contribution in [2.24, 2.45) is 5.92 Å². The zero-order valence-corrected chi connectivity index (χ0v) is 14.3. The van der Waals surface area contributed by atoms with Crippen molar-refractivity contribution < 1.29 is 17.6 Å². The van der Waals surface area contributed by atoms with E-state index in [-0.39, 0.29) is 11.7 Å². The second-order valence-electron chi connectivity index (χ2n) is 6.64. The third-order valence-corrected chi connectivity index (χ3v) is 4.80. The van der Waals surface area contributed by atoms with E-state index in [1.807, 2.05) is 4.90 Å². The van der Waals surface area contributed by atoms with E-state index >= 15 is 0 Å². The number of nitrogens with zero attached hydrogens (tertiary/aromatic N) is 4. The first-order valence-electron chi connectivity index (χ1n) is 8.65. The summed E-state index contributed by atoms with van der Waals surface area (Å²) in [6, 6.07) is 5.55. The largest absolute Gasteiger partial charge is 0.423 e. The number of hydrogen-bond acceptors (Lipinski definition) is 5. The molecule has 3 aromatic rings. The van der Waals surface area contributed by atoms with Gasteiger partial charge in [0.2, 0.25) is 0 Å². The molecule has 0 bridgehead atoms. The molecule has 0 unspecified atom stereocenters. The van der Waals surface area contributed by atoms with Crippen molar-refractivity contribution in [2.45, 2.75) is 25.8 Å². The Morgan fingerprint density at radius 3 is 2.70 bits per heavy atom. The maximum absolute atomic E-state index is 13.3. The summed E-state index contributed by atoms with van der Waals surface area (Å²) in [6.45, 7) is 1.79. The van der Waals surface area contributed by atoms with E-state index in [0.29, 0.717) is 36.7 Å². The van der Waals surface area contributed by atoms with Gasteiger partial charge in [-0.25, -0.2) is 18.2 Å². The number of piperidine rings is 1. The smallest absolute Gasteiger partial charge is 0.298 e. The molecule has 0 aliphatic carbocycles. The molecule has 1 aliphatic heterocycles. The summed E-state index contributed by atoms with van der Waals surface area (Å²) >= 11 is 0. The van der Waals surface area contributed by atoms with Gasteiger partial charge < -0.3 is 9.32 Å². The van der Waals surface area contributed by atoms with E-state index in [0.717, 1.165) is 18.9 Å². The number of benzene rings is 1. The highest BCUT2D eigenvalue weighted by Crippen LogP contribution is 2.27. The van der Waals surface area contributed by atoms with Crippen LogP contribution >= 0.6 is 0 Å². The summed E-state index contributed by atoms with van der Waals surface area (Å²) in [5, 5.41) is 0. The molecule has 0 saturated carbocycles. The third-order valence-electron chi connectivity index (χ3n) is 4.80. The molecule has 9 heteroatoms. The van der Waals surface area contributed by atoms with Crippen molar-refractivity contribution in [1.29, 1.82) is 0 Å². The molecule has 0 atom stereocenters. The Balaban J connectivity index is 1.40. The number of anilines is 1. The number of rotatable bonds is 4. The minimum absolute atomic E-state index is 0.222. The summed E-state index contributed by atoms with van der Waals surface area (Å²) in [4.78, 5) is 21.9. The van der Waals surface area contributed by atoms with Gasteiger partial charge in [-0.1, -0.05) is 0 Å². The van der Waals surface area contributed by atoms with Crippen LogP contribution in [0.2, 0.25) is 0 Å². The number of aromatic nitrogens is 3. The van der Waals surface area contributed by atoms with Crippen molar-refractivity contribution in [1.82, 2.24) is 14.5 Å². The number of halogens is 3. The van der Waals surface area contributed by atoms with Gasteiger partial charge >= 0.3 is 0 Å². The molecule has 1 saturated heterocycles. The van der Waals surface area contributed by atoms with Crippen LogP contribution in [0.25, 0.3) is 11.1 Å². The minimum Gasteiger partial charge on any atom is -0.423 e. The van der Waals surface area contributed by atoms with Crippen molar-refractivity contribution in [2.75, 3.05) is 18.0 Å². The Bertz CT molecular complexity index is 1010. The normalized spacial score (nSPS) is 15.8. The van der Waals surface area contributed by atoms with Crippen LogP contribution in [0.5, 0.6) is 0 Å². The minimum atomic E-state index is -2.75. The maximum atomic E-state index is 13.3. The monoisotopic (exact) mass is 378 g/mol. The number of alkyl halides is 2. The van der Waals surface area contributed by atoms with Crippen molar-refractivity contribution in [3.8, 4) is 0 Å². The van der Waals surface area contributed by atoms with Gasteiger partial charge in [-0.15, -0.1) is 0 Å². The number of oxazole rings is 1. The van der Waals surface area contributed by atoms with E-state index in [4.69, 9.17) is 4.42 Å². The molecule has 4 rings (SSSR count). The highest BCUT2D eigenvalue weighted by molar-refractivity contribution is 5.74. The van der Waals surface area contributed by atoms with Crippen molar-refractivity contribution in [3.05, 3.63) is 52.5 Å². The van der Waals surface area contributed by atoms with E-state index in [1.165, 1.54) is 23.0 Å². The fourth-order valence-corrected chi connectivity index (χ4v) is 3.31. The van der Waals surface area contributed by atoms with Crippen molar-refractivity contribution in [3.63, 3.8) is 0 Å². The molecule has 0 spiro atoms. The number of hydrogen-bond donors (Lipinski definition) is 0. The van der Waals surface area contributed by atoms with Gasteiger partial charge in [0, 0.05) is 31.8 Å². The molecule has 1 aromatic carbocycles. The predicted molar refractivity (Wildman–Crippen MR) is 92.4 cm³/mol. The average molecular weight is 378 g/mol. The van der Waals surface area contributed by atoms with Crippen LogP contribution in [-0.2, 0) is 6.54 Å². The lowest BCUT2D eigenvalue weighted by atomic mass is 9.97. The zero-order valence-electron chi connectivity index (χ0n) is 14.3. The first-order valence-corrected chi connectivity index (χ1v) is 8.65. The van der Waals surface area contributed by atoms with Gasteiger partial charge in [-0.05, 0) is 30.9 Å². The molecule has 0 N–H and O–H groups in total. The number of fused-ring (bicyclic) bond motifs is 1. The molecule has 142 valence electrons. The lowest BCUT2D eigenvalue weighted by Crippen LogP contribution is -2.36. The Morgan fingerprint density at radius 1 is 1.22 bits per heavy atom. The fraction of sp³-hybridized carbons (Fsp3) is 0.389. The highest BCUT2D eigenvalue weighted by atomic mass is 19.3. The average Bonchev–Trinajstić information content (AvgIpc) is 3.07. The SMILES string of the molecule is O=c1cc(C(F)F)ncn1CC1CCN(c2nc3cc(F)ccc3o2)CC1. The van der Waals surface area contributed by atoms with Crippen LogP contribution in [0.4, 0.5) is 19.2 Å². The molecule has 2 aromatic heterocycles. The van der Waals surface area contributed by atoms with Gasteiger partial charge in [-0.3, -0.25) is 9.36 Å². The summed E-state index contributed by atoms with van der Waals surface area (Å²) < 4.78 is 45.5. The molecule has 27 heavy (non-hydrogen) atoms. The van der Waals surface area contributed by atoms with Crippen LogP contribution in [-0.4, -0.2) is 27.6 Å². The maximum Gasteiger partial charge on any atom is 0.298 e. The molecule has 1 fully saturated rings. The Morgan fingerprint density at radius 2 is 2.00 bits per heavy atom. The summed E-state index contributed by atoms with van der Waals surface area (Å²) in [7, 11) is 0. The van der Waals surface area contributed by atoms with Crippen molar-refractivity contribution >= 4 is 17.1 Å². The second kappa shape index (κ2) is 7.05. The predicted octanol–water partition coefficient (Wildman–Crippen LogP) is 3.38. The Labute approximate surface area is 152 Å². The molecule has 3 heterocycles. The van der Waals surface area contributed by atoms with Gasteiger partial charge in [0.1, 0.15) is 17.0 Å². The van der Waals surface area contributed by atoms with Crippen LogP contribution in [0.1, 0.15) is 25.0 Å². The van der Waals surface area contributed by atoms with E-state index in [9.17, 15) is 18.0 Å². The topological polar surface area (TPSA) is 64.2 Å². The van der Waals surface area contributed by atoms with E-state index in [1.54, 1.807) is 6.07 Å². The van der Waals surface area contributed by atoms with Crippen LogP contribution in [0.15, 0.2) is 39.8 Å². The van der Waals surface area contributed by atoms with Gasteiger partial charge in [0.25, 0.3) is 18.0 Å².